The van der Waals surface area contributed by atoms with Crippen molar-refractivity contribution in [3.8, 4) is 11.3 Å². The van der Waals surface area contributed by atoms with E-state index in [0.717, 1.165) is 16.3 Å². The van der Waals surface area contributed by atoms with Crippen molar-refractivity contribution >= 4 is 28.6 Å². The monoisotopic (exact) mass is 301 g/mol. The van der Waals surface area contributed by atoms with E-state index in [0.29, 0.717) is 11.4 Å². The Hall–Kier alpha value is -2.05. The van der Waals surface area contributed by atoms with E-state index in [2.05, 4.69) is 15.3 Å². The van der Waals surface area contributed by atoms with Crippen LogP contribution >= 0.6 is 22.7 Å². The maximum atomic E-state index is 11.8. The predicted octanol–water partition coefficient (Wildman–Crippen LogP) is 3.20. The van der Waals surface area contributed by atoms with Crippen LogP contribution in [0.15, 0.2) is 47.4 Å². The predicted molar refractivity (Wildman–Crippen MR) is 80.8 cm³/mol. The number of hydrogen-bond donors (Lipinski definition) is 1. The van der Waals surface area contributed by atoms with Crippen LogP contribution in [0, 0.1) is 0 Å². The summed E-state index contributed by atoms with van der Waals surface area (Å²) in [5.41, 5.74) is 1.88. The lowest BCUT2D eigenvalue weighted by Crippen LogP contribution is -2.21. The van der Waals surface area contributed by atoms with Crippen LogP contribution in [0.25, 0.3) is 11.3 Å². The standard InChI is InChI=1S/C14H11N3OS2/c18-14(12-4-2-6-19-12)16-8-13-17-11(9-20-13)10-3-1-5-15-7-10/h1-7,9H,8H2,(H,16,18). The molecule has 0 radical (unpaired) electrons. The van der Waals surface area contributed by atoms with Crippen LogP contribution < -0.4 is 5.32 Å². The Morgan fingerprint density at radius 1 is 1.25 bits per heavy atom. The second kappa shape index (κ2) is 5.94. The molecule has 0 unspecified atom stereocenters. The fourth-order valence-corrected chi connectivity index (χ4v) is 3.07. The first-order chi connectivity index (χ1) is 9.83. The zero-order chi connectivity index (χ0) is 13.8. The molecule has 3 aromatic heterocycles. The molecule has 0 atom stereocenters. The first-order valence-corrected chi connectivity index (χ1v) is 7.75. The minimum absolute atomic E-state index is 0.0573. The van der Waals surface area contributed by atoms with E-state index in [1.54, 1.807) is 12.4 Å². The second-order valence-corrected chi connectivity index (χ2v) is 5.92. The number of pyridine rings is 1. The van der Waals surface area contributed by atoms with Gasteiger partial charge in [-0.2, -0.15) is 0 Å². The summed E-state index contributed by atoms with van der Waals surface area (Å²) in [6.07, 6.45) is 3.51. The Morgan fingerprint density at radius 3 is 2.95 bits per heavy atom. The first kappa shape index (κ1) is 13.0. The van der Waals surface area contributed by atoms with Gasteiger partial charge in [-0.15, -0.1) is 22.7 Å². The van der Waals surface area contributed by atoms with Crippen molar-refractivity contribution in [3.63, 3.8) is 0 Å². The molecule has 3 aromatic rings. The van der Waals surface area contributed by atoms with Gasteiger partial charge in [0.2, 0.25) is 0 Å². The lowest BCUT2D eigenvalue weighted by atomic mass is 10.2. The van der Waals surface area contributed by atoms with Crippen LogP contribution in [0.2, 0.25) is 0 Å². The van der Waals surface area contributed by atoms with E-state index in [4.69, 9.17) is 0 Å². The van der Waals surface area contributed by atoms with Crippen molar-refractivity contribution in [3.05, 3.63) is 57.3 Å². The average molecular weight is 301 g/mol. The van der Waals surface area contributed by atoms with Crippen molar-refractivity contribution in [1.29, 1.82) is 0 Å². The summed E-state index contributed by atoms with van der Waals surface area (Å²) in [6, 6.07) is 7.52. The Kier molecular flexibility index (Phi) is 3.85. The van der Waals surface area contributed by atoms with Gasteiger partial charge in [0, 0.05) is 23.3 Å². The fraction of sp³-hybridized carbons (Fsp3) is 0.0714. The van der Waals surface area contributed by atoms with E-state index in [1.807, 2.05) is 35.0 Å². The minimum Gasteiger partial charge on any atom is -0.345 e. The lowest BCUT2D eigenvalue weighted by Gasteiger charge is -2.00. The van der Waals surface area contributed by atoms with Gasteiger partial charge in [-0.05, 0) is 23.6 Å². The average Bonchev–Trinajstić information content (AvgIpc) is 3.17. The molecule has 0 aliphatic carbocycles. The molecule has 1 amide bonds. The fourth-order valence-electron chi connectivity index (χ4n) is 1.69. The van der Waals surface area contributed by atoms with Crippen molar-refractivity contribution in [2.45, 2.75) is 6.54 Å². The van der Waals surface area contributed by atoms with Gasteiger partial charge in [0.25, 0.3) is 5.91 Å². The zero-order valence-corrected chi connectivity index (χ0v) is 12.1. The summed E-state index contributed by atoms with van der Waals surface area (Å²) in [5.74, 6) is -0.0573. The summed E-state index contributed by atoms with van der Waals surface area (Å²) in [7, 11) is 0. The van der Waals surface area contributed by atoms with Crippen LogP contribution in [0.5, 0.6) is 0 Å². The van der Waals surface area contributed by atoms with E-state index >= 15 is 0 Å². The number of aromatic nitrogens is 2. The molecule has 3 heterocycles. The number of amides is 1. The summed E-state index contributed by atoms with van der Waals surface area (Å²) in [5, 5.41) is 7.62. The molecule has 4 nitrogen and oxygen atoms in total. The van der Waals surface area contributed by atoms with Crippen LogP contribution in [-0.2, 0) is 6.54 Å². The highest BCUT2D eigenvalue weighted by Crippen LogP contribution is 2.20. The van der Waals surface area contributed by atoms with Gasteiger partial charge in [0.1, 0.15) is 5.01 Å². The number of carbonyl (C=O) groups excluding carboxylic acids is 1. The smallest absolute Gasteiger partial charge is 0.261 e. The molecule has 3 rings (SSSR count). The Balaban J connectivity index is 1.65. The number of thiazole rings is 1. The van der Waals surface area contributed by atoms with Gasteiger partial charge in [-0.1, -0.05) is 6.07 Å². The minimum atomic E-state index is -0.0573. The molecule has 0 spiro atoms. The number of rotatable bonds is 4. The Labute approximate surface area is 124 Å². The van der Waals surface area contributed by atoms with Crippen molar-refractivity contribution < 1.29 is 4.79 Å². The summed E-state index contributed by atoms with van der Waals surface area (Å²) in [4.78, 5) is 21.1. The molecular weight excluding hydrogens is 290 g/mol. The van der Waals surface area contributed by atoms with Gasteiger partial charge in [0.15, 0.2) is 0 Å². The Morgan fingerprint density at radius 2 is 2.20 bits per heavy atom. The first-order valence-electron chi connectivity index (χ1n) is 5.99. The molecule has 6 heteroatoms. The molecule has 0 bridgehead atoms. The number of nitrogens with one attached hydrogen (secondary N) is 1. The quantitative estimate of drug-likeness (QED) is 0.805. The number of hydrogen-bond acceptors (Lipinski definition) is 5. The van der Waals surface area contributed by atoms with Crippen molar-refractivity contribution in [2.75, 3.05) is 0 Å². The van der Waals surface area contributed by atoms with Crippen molar-refractivity contribution in [2.24, 2.45) is 0 Å². The molecule has 0 saturated heterocycles. The third-order valence-corrected chi connectivity index (χ3v) is 4.37. The summed E-state index contributed by atoms with van der Waals surface area (Å²) in [6.45, 7) is 0.446. The maximum Gasteiger partial charge on any atom is 0.261 e. The third-order valence-electron chi connectivity index (χ3n) is 2.65. The van der Waals surface area contributed by atoms with E-state index < -0.39 is 0 Å². The molecule has 0 aromatic carbocycles. The molecule has 0 aliphatic rings. The number of thiophene rings is 1. The largest absolute Gasteiger partial charge is 0.345 e. The highest BCUT2D eigenvalue weighted by molar-refractivity contribution is 7.12. The lowest BCUT2D eigenvalue weighted by molar-refractivity contribution is 0.0955. The molecule has 1 N–H and O–H groups in total. The van der Waals surface area contributed by atoms with Crippen LogP contribution in [0.4, 0.5) is 0 Å². The molecule has 0 saturated carbocycles. The normalized spacial score (nSPS) is 10.4. The van der Waals surface area contributed by atoms with E-state index in [1.165, 1.54) is 22.7 Å². The summed E-state index contributed by atoms with van der Waals surface area (Å²) >= 11 is 2.96. The highest BCUT2D eigenvalue weighted by atomic mass is 32.1. The number of nitrogens with zero attached hydrogens (tertiary/aromatic N) is 2. The maximum absolute atomic E-state index is 11.8. The van der Waals surface area contributed by atoms with Gasteiger partial charge in [0.05, 0.1) is 17.1 Å². The van der Waals surface area contributed by atoms with Gasteiger partial charge >= 0.3 is 0 Å². The SMILES string of the molecule is O=C(NCc1nc(-c2cccnc2)cs1)c1cccs1. The molecular formula is C14H11N3OS2. The van der Waals surface area contributed by atoms with E-state index in [-0.39, 0.29) is 5.91 Å². The van der Waals surface area contributed by atoms with Crippen LogP contribution in [-0.4, -0.2) is 15.9 Å². The second-order valence-electron chi connectivity index (χ2n) is 4.03. The molecule has 100 valence electrons. The van der Waals surface area contributed by atoms with Crippen LogP contribution in [0.1, 0.15) is 14.7 Å². The van der Waals surface area contributed by atoms with Crippen LogP contribution in [0.3, 0.4) is 0 Å². The Bertz CT molecular complexity index is 692. The van der Waals surface area contributed by atoms with Gasteiger partial charge < -0.3 is 5.32 Å². The third kappa shape index (κ3) is 2.92. The zero-order valence-electron chi connectivity index (χ0n) is 10.4. The topological polar surface area (TPSA) is 54.9 Å². The molecule has 20 heavy (non-hydrogen) atoms. The van der Waals surface area contributed by atoms with Gasteiger partial charge in [-0.25, -0.2) is 4.98 Å². The summed E-state index contributed by atoms with van der Waals surface area (Å²) < 4.78 is 0. The van der Waals surface area contributed by atoms with Crippen molar-refractivity contribution in [1.82, 2.24) is 15.3 Å². The van der Waals surface area contributed by atoms with E-state index in [9.17, 15) is 4.79 Å². The van der Waals surface area contributed by atoms with Gasteiger partial charge in [-0.3, -0.25) is 9.78 Å². The number of carbonyl (C=O) groups is 1. The molecule has 0 aliphatic heterocycles. The molecule has 0 fully saturated rings. The highest BCUT2D eigenvalue weighted by Gasteiger charge is 2.08.